The molecule has 4 rings (SSSR count). The highest BCUT2D eigenvalue weighted by atomic mass is 32.2. The maximum Gasteiger partial charge on any atom is 0.348 e. The van der Waals surface area contributed by atoms with Gasteiger partial charge in [0.05, 0.1) is 10.4 Å². The van der Waals surface area contributed by atoms with Crippen molar-refractivity contribution in [1.82, 2.24) is 13.9 Å². The first-order valence-corrected chi connectivity index (χ1v) is 12.6. The first-order chi connectivity index (χ1) is 15.8. The molecular formula is C24H28N4O4S. The lowest BCUT2D eigenvalue weighted by atomic mass is 10.1. The number of amides is 1. The van der Waals surface area contributed by atoms with E-state index in [2.05, 4.69) is 17.2 Å². The Kier molecular flexibility index (Phi) is 6.62. The minimum Gasteiger partial charge on any atom is -0.325 e. The van der Waals surface area contributed by atoms with Gasteiger partial charge in [0.25, 0.3) is 0 Å². The molecule has 0 unspecified atom stereocenters. The van der Waals surface area contributed by atoms with Gasteiger partial charge < -0.3 is 5.32 Å². The van der Waals surface area contributed by atoms with Gasteiger partial charge >= 0.3 is 5.69 Å². The highest BCUT2D eigenvalue weighted by molar-refractivity contribution is 7.89. The van der Waals surface area contributed by atoms with E-state index in [0.717, 1.165) is 31.2 Å². The summed E-state index contributed by atoms with van der Waals surface area (Å²) in [5.74, 6) is -0.366. The lowest BCUT2D eigenvalue weighted by Gasteiger charge is -2.32. The zero-order valence-corrected chi connectivity index (χ0v) is 19.6. The lowest BCUT2D eigenvalue weighted by molar-refractivity contribution is -0.116. The van der Waals surface area contributed by atoms with Crippen LogP contribution in [0.2, 0.25) is 0 Å². The molecule has 0 spiro atoms. The van der Waals surface area contributed by atoms with Gasteiger partial charge in [-0.25, -0.2) is 18.2 Å². The minimum absolute atomic E-state index is 0.0541. The van der Waals surface area contributed by atoms with Crippen LogP contribution in [-0.4, -0.2) is 40.8 Å². The molecular weight excluding hydrogens is 440 g/mol. The van der Waals surface area contributed by atoms with Crippen molar-refractivity contribution in [1.29, 1.82) is 0 Å². The van der Waals surface area contributed by atoms with Gasteiger partial charge in [-0.3, -0.25) is 9.36 Å². The Morgan fingerprint density at radius 1 is 1.15 bits per heavy atom. The molecule has 1 aliphatic rings. The minimum atomic E-state index is -3.66. The summed E-state index contributed by atoms with van der Waals surface area (Å²) < 4.78 is 29.2. The highest BCUT2D eigenvalue weighted by Crippen LogP contribution is 2.27. The quantitative estimate of drug-likeness (QED) is 0.599. The number of carbonyl (C=O) groups excluding carboxylic acids is 1. The number of nitrogens with one attached hydrogen (secondary N) is 1. The van der Waals surface area contributed by atoms with Gasteiger partial charge in [0.1, 0.15) is 6.54 Å². The Morgan fingerprint density at radius 2 is 1.91 bits per heavy atom. The van der Waals surface area contributed by atoms with E-state index in [0.29, 0.717) is 23.1 Å². The van der Waals surface area contributed by atoms with Gasteiger partial charge in [-0.2, -0.15) is 4.31 Å². The number of benzene rings is 2. The molecule has 8 nitrogen and oxygen atoms in total. The standard InChI is InChI=1S/C24H28N4O4S/c1-3-18-7-9-20(10-8-18)26-23(29)16-27-22-12-11-21(14-19(22)15-25-24(27)30)33(31,32)28-13-5-4-6-17(28)2/h7-12,14-15,17H,3-6,13,16H2,1-2H3,(H,26,29)/t17-/m0/s1. The number of hydrogen-bond donors (Lipinski definition) is 1. The molecule has 1 atom stereocenters. The van der Waals surface area contributed by atoms with Crippen molar-refractivity contribution in [3.8, 4) is 0 Å². The third-order valence-electron chi connectivity index (χ3n) is 6.13. The summed E-state index contributed by atoms with van der Waals surface area (Å²) in [6, 6.07) is 12.1. The van der Waals surface area contributed by atoms with Crippen LogP contribution in [0.5, 0.6) is 0 Å². The molecule has 1 aromatic heterocycles. The van der Waals surface area contributed by atoms with Gasteiger partial charge in [-0.15, -0.1) is 0 Å². The molecule has 1 aliphatic heterocycles. The number of nitrogens with zero attached hydrogens (tertiary/aromatic N) is 3. The van der Waals surface area contributed by atoms with Gasteiger partial charge in [0.15, 0.2) is 0 Å². The fourth-order valence-corrected chi connectivity index (χ4v) is 5.96. The van der Waals surface area contributed by atoms with Crippen LogP contribution in [0.1, 0.15) is 38.7 Å². The van der Waals surface area contributed by atoms with Crippen molar-refractivity contribution in [3.63, 3.8) is 0 Å². The zero-order chi connectivity index (χ0) is 23.6. The summed E-state index contributed by atoms with van der Waals surface area (Å²) >= 11 is 0. The van der Waals surface area contributed by atoms with Crippen molar-refractivity contribution < 1.29 is 13.2 Å². The predicted octanol–water partition coefficient (Wildman–Crippen LogP) is 3.16. The summed E-state index contributed by atoms with van der Waals surface area (Å²) in [5, 5.41) is 3.27. The molecule has 0 radical (unpaired) electrons. The maximum absolute atomic E-state index is 13.2. The topological polar surface area (TPSA) is 101 Å². The van der Waals surface area contributed by atoms with Gasteiger partial charge in [-0.1, -0.05) is 25.5 Å². The second kappa shape index (κ2) is 9.44. The maximum atomic E-state index is 13.2. The lowest BCUT2D eigenvalue weighted by Crippen LogP contribution is -2.41. The fraction of sp³-hybridized carbons (Fsp3) is 0.375. The molecule has 2 aromatic carbocycles. The monoisotopic (exact) mass is 468 g/mol. The van der Waals surface area contributed by atoms with E-state index >= 15 is 0 Å². The Bertz CT molecular complexity index is 1330. The van der Waals surface area contributed by atoms with Crippen molar-refractivity contribution in [2.75, 3.05) is 11.9 Å². The average Bonchev–Trinajstić information content (AvgIpc) is 2.81. The van der Waals surface area contributed by atoms with Crippen molar-refractivity contribution in [3.05, 3.63) is 64.7 Å². The first kappa shape index (κ1) is 23.1. The van der Waals surface area contributed by atoms with E-state index in [1.165, 1.54) is 22.9 Å². The number of sulfonamides is 1. The molecule has 1 saturated heterocycles. The Morgan fingerprint density at radius 3 is 2.61 bits per heavy atom. The normalized spacial score (nSPS) is 17.2. The number of piperidine rings is 1. The number of hydrogen-bond acceptors (Lipinski definition) is 5. The van der Waals surface area contributed by atoms with Crippen LogP contribution in [-0.2, 0) is 27.8 Å². The Balaban J connectivity index is 1.61. The van der Waals surface area contributed by atoms with Crippen LogP contribution >= 0.6 is 0 Å². The van der Waals surface area contributed by atoms with E-state index < -0.39 is 15.7 Å². The van der Waals surface area contributed by atoms with E-state index in [1.807, 2.05) is 31.2 Å². The van der Waals surface area contributed by atoms with Crippen LogP contribution in [0.4, 0.5) is 5.69 Å². The van der Waals surface area contributed by atoms with Crippen molar-refractivity contribution in [2.45, 2.75) is 57.0 Å². The molecule has 1 N–H and O–H groups in total. The molecule has 0 bridgehead atoms. The van der Waals surface area contributed by atoms with E-state index in [-0.39, 0.29) is 23.4 Å². The molecule has 0 saturated carbocycles. The number of rotatable bonds is 6. The number of anilines is 1. The van der Waals surface area contributed by atoms with Gasteiger partial charge in [0, 0.05) is 29.9 Å². The van der Waals surface area contributed by atoms with E-state index in [9.17, 15) is 18.0 Å². The molecule has 174 valence electrons. The third-order valence-corrected chi connectivity index (χ3v) is 8.14. The summed E-state index contributed by atoms with van der Waals surface area (Å²) in [4.78, 5) is 29.0. The first-order valence-electron chi connectivity index (χ1n) is 11.2. The largest absolute Gasteiger partial charge is 0.348 e. The molecule has 1 amide bonds. The predicted molar refractivity (Wildman–Crippen MR) is 128 cm³/mol. The fourth-order valence-electron chi connectivity index (χ4n) is 4.22. The molecule has 1 fully saturated rings. The molecule has 9 heteroatoms. The van der Waals surface area contributed by atoms with E-state index in [4.69, 9.17) is 0 Å². The van der Waals surface area contributed by atoms with E-state index in [1.54, 1.807) is 10.4 Å². The van der Waals surface area contributed by atoms with Gasteiger partial charge in [-0.05, 0) is 62.1 Å². The van der Waals surface area contributed by atoms with Crippen LogP contribution < -0.4 is 11.0 Å². The van der Waals surface area contributed by atoms with Gasteiger partial charge in [0.2, 0.25) is 15.9 Å². The Labute approximate surface area is 193 Å². The number of aromatic nitrogens is 2. The Hall–Kier alpha value is -3.04. The molecule has 2 heterocycles. The summed E-state index contributed by atoms with van der Waals surface area (Å²) in [6.07, 6.45) is 4.96. The van der Waals surface area contributed by atoms with Crippen LogP contribution in [0.3, 0.4) is 0 Å². The highest BCUT2D eigenvalue weighted by Gasteiger charge is 2.31. The van der Waals surface area contributed by atoms with Crippen LogP contribution in [0.15, 0.2) is 58.4 Å². The third kappa shape index (κ3) is 4.84. The van der Waals surface area contributed by atoms with Crippen LogP contribution in [0.25, 0.3) is 10.9 Å². The number of aryl methyl sites for hydroxylation is 1. The van der Waals surface area contributed by atoms with Crippen LogP contribution in [0, 0.1) is 0 Å². The second-order valence-corrected chi connectivity index (χ2v) is 10.3. The number of fused-ring (bicyclic) bond motifs is 1. The average molecular weight is 469 g/mol. The molecule has 3 aromatic rings. The summed E-state index contributed by atoms with van der Waals surface area (Å²) in [6.45, 7) is 4.25. The SMILES string of the molecule is CCc1ccc(NC(=O)Cn2c(=O)ncc3cc(S(=O)(=O)N4CCCC[C@@H]4C)ccc32)cc1. The number of carbonyl (C=O) groups is 1. The summed E-state index contributed by atoms with van der Waals surface area (Å²) in [5.41, 5.74) is 1.69. The smallest absolute Gasteiger partial charge is 0.325 e. The van der Waals surface area contributed by atoms with Crippen molar-refractivity contribution in [2.24, 2.45) is 0 Å². The van der Waals surface area contributed by atoms with Crippen molar-refractivity contribution >= 4 is 32.5 Å². The second-order valence-electron chi connectivity index (χ2n) is 8.41. The zero-order valence-electron chi connectivity index (χ0n) is 18.8. The molecule has 0 aliphatic carbocycles. The summed E-state index contributed by atoms with van der Waals surface area (Å²) in [7, 11) is -3.66. The molecule has 33 heavy (non-hydrogen) atoms.